The van der Waals surface area contributed by atoms with Gasteiger partial charge in [0.25, 0.3) is 5.91 Å². The predicted molar refractivity (Wildman–Crippen MR) is 96.1 cm³/mol. The molecule has 24 heavy (non-hydrogen) atoms. The Morgan fingerprint density at radius 2 is 2.00 bits per heavy atom. The molecule has 5 nitrogen and oxygen atoms in total. The van der Waals surface area contributed by atoms with E-state index in [1.807, 2.05) is 44.2 Å². The van der Waals surface area contributed by atoms with Gasteiger partial charge in [0.1, 0.15) is 11.6 Å². The van der Waals surface area contributed by atoms with Crippen molar-refractivity contribution in [3.8, 4) is 6.07 Å². The lowest BCUT2D eigenvalue weighted by Crippen LogP contribution is -2.48. The maximum atomic E-state index is 12.5. The second kappa shape index (κ2) is 8.86. The number of amides is 1. The number of nitriles is 1. The minimum absolute atomic E-state index is 0.0111. The number of carbonyl (C=O) groups is 1. The molecule has 2 atom stereocenters. The van der Waals surface area contributed by atoms with Gasteiger partial charge in [0, 0.05) is 30.3 Å². The molecular formula is C18H22BrN3O2. The maximum Gasteiger partial charge on any atom is 0.266 e. The number of morpholine rings is 1. The molecule has 1 N–H and O–H groups in total. The lowest BCUT2D eigenvalue weighted by atomic mass is 10.1. The monoisotopic (exact) mass is 391 g/mol. The smallest absolute Gasteiger partial charge is 0.266 e. The number of carbonyl (C=O) groups excluding carboxylic acids is 1. The molecule has 0 spiro atoms. The Morgan fingerprint density at radius 3 is 2.58 bits per heavy atom. The number of nitrogens with one attached hydrogen (secondary N) is 1. The average Bonchev–Trinajstić information content (AvgIpc) is 2.55. The molecule has 1 aromatic rings. The Balaban J connectivity index is 1.88. The van der Waals surface area contributed by atoms with Crippen molar-refractivity contribution in [3.05, 3.63) is 46.1 Å². The van der Waals surface area contributed by atoms with Gasteiger partial charge in [-0.2, -0.15) is 5.26 Å². The SMILES string of the molecule is CC1CN(C(=O)/C(C#N)=C\NCCc2ccc(Br)cc2)CC(C)O1. The number of hydrogen-bond donors (Lipinski definition) is 1. The van der Waals surface area contributed by atoms with Crippen LogP contribution >= 0.6 is 15.9 Å². The summed E-state index contributed by atoms with van der Waals surface area (Å²) in [6.45, 7) is 5.56. The lowest BCUT2D eigenvalue weighted by molar-refractivity contribution is -0.138. The number of rotatable bonds is 5. The van der Waals surface area contributed by atoms with Gasteiger partial charge in [-0.1, -0.05) is 28.1 Å². The molecule has 1 heterocycles. The van der Waals surface area contributed by atoms with Crippen molar-refractivity contribution in [2.75, 3.05) is 19.6 Å². The highest BCUT2D eigenvalue weighted by atomic mass is 79.9. The molecule has 1 aliphatic rings. The summed E-state index contributed by atoms with van der Waals surface area (Å²) < 4.78 is 6.67. The van der Waals surface area contributed by atoms with Crippen molar-refractivity contribution in [2.45, 2.75) is 32.5 Å². The predicted octanol–water partition coefficient (Wildman–Crippen LogP) is 2.62. The lowest BCUT2D eigenvalue weighted by Gasteiger charge is -2.35. The van der Waals surface area contributed by atoms with Crippen LogP contribution in [0.2, 0.25) is 0 Å². The molecule has 1 aromatic carbocycles. The molecule has 1 fully saturated rings. The topological polar surface area (TPSA) is 65.4 Å². The molecule has 0 aliphatic carbocycles. The summed E-state index contributed by atoms with van der Waals surface area (Å²) in [4.78, 5) is 14.1. The summed E-state index contributed by atoms with van der Waals surface area (Å²) in [5, 5.41) is 12.3. The zero-order valence-electron chi connectivity index (χ0n) is 14.0. The van der Waals surface area contributed by atoms with E-state index in [1.54, 1.807) is 4.90 Å². The van der Waals surface area contributed by atoms with E-state index in [4.69, 9.17) is 4.74 Å². The summed E-state index contributed by atoms with van der Waals surface area (Å²) in [7, 11) is 0. The van der Waals surface area contributed by atoms with E-state index in [2.05, 4.69) is 21.2 Å². The van der Waals surface area contributed by atoms with Crippen molar-refractivity contribution in [3.63, 3.8) is 0 Å². The van der Waals surface area contributed by atoms with Crippen LogP contribution in [0, 0.1) is 11.3 Å². The van der Waals surface area contributed by atoms with Crippen molar-refractivity contribution in [1.29, 1.82) is 5.26 Å². The van der Waals surface area contributed by atoms with Gasteiger partial charge >= 0.3 is 0 Å². The number of benzene rings is 1. The van der Waals surface area contributed by atoms with Gasteiger partial charge in [0.05, 0.1) is 12.2 Å². The molecule has 0 aromatic heterocycles. The third-order valence-electron chi connectivity index (χ3n) is 3.78. The van der Waals surface area contributed by atoms with Gasteiger partial charge in [-0.3, -0.25) is 4.79 Å². The highest BCUT2D eigenvalue weighted by Gasteiger charge is 2.27. The van der Waals surface area contributed by atoms with Crippen molar-refractivity contribution < 1.29 is 9.53 Å². The largest absolute Gasteiger partial charge is 0.389 e. The number of nitrogens with zero attached hydrogens (tertiary/aromatic N) is 2. The van der Waals surface area contributed by atoms with Crippen molar-refractivity contribution in [1.82, 2.24) is 10.2 Å². The maximum absolute atomic E-state index is 12.5. The fourth-order valence-electron chi connectivity index (χ4n) is 2.70. The van der Waals surface area contributed by atoms with Crippen LogP contribution in [0.25, 0.3) is 0 Å². The van der Waals surface area contributed by atoms with Gasteiger partial charge in [0.2, 0.25) is 0 Å². The minimum Gasteiger partial charge on any atom is -0.389 e. The fourth-order valence-corrected chi connectivity index (χ4v) is 2.96. The highest BCUT2D eigenvalue weighted by Crippen LogP contribution is 2.13. The molecule has 2 rings (SSSR count). The molecule has 1 saturated heterocycles. The van der Waals surface area contributed by atoms with Crippen LogP contribution in [-0.2, 0) is 16.0 Å². The molecule has 0 bridgehead atoms. The first-order chi connectivity index (χ1) is 11.5. The number of halogens is 1. The van der Waals surface area contributed by atoms with Crippen LogP contribution in [0.1, 0.15) is 19.4 Å². The zero-order valence-corrected chi connectivity index (χ0v) is 15.5. The van der Waals surface area contributed by atoms with Crippen LogP contribution in [0.15, 0.2) is 40.5 Å². The molecule has 1 amide bonds. The van der Waals surface area contributed by atoms with Gasteiger partial charge in [-0.25, -0.2) is 0 Å². The summed E-state index contributed by atoms with van der Waals surface area (Å²) in [5.74, 6) is -0.240. The van der Waals surface area contributed by atoms with Crippen molar-refractivity contribution in [2.24, 2.45) is 0 Å². The Hall–Kier alpha value is -1.84. The van der Waals surface area contributed by atoms with E-state index in [1.165, 1.54) is 11.8 Å². The summed E-state index contributed by atoms with van der Waals surface area (Å²) >= 11 is 3.41. The molecular weight excluding hydrogens is 370 g/mol. The van der Waals surface area contributed by atoms with Crippen molar-refractivity contribution >= 4 is 21.8 Å². The van der Waals surface area contributed by atoms with Crippen LogP contribution < -0.4 is 5.32 Å². The van der Waals surface area contributed by atoms with Crippen LogP contribution in [0.3, 0.4) is 0 Å². The summed E-state index contributed by atoms with van der Waals surface area (Å²) in [6.07, 6.45) is 2.32. The van der Waals surface area contributed by atoms with Crippen LogP contribution in [0.4, 0.5) is 0 Å². The second-order valence-corrected chi connectivity index (χ2v) is 6.88. The van der Waals surface area contributed by atoms with E-state index in [-0.39, 0.29) is 23.7 Å². The molecule has 1 aliphatic heterocycles. The molecule has 0 radical (unpaired) electrons. The number of ether oxygens (including phenoxy) is 1. The van der Waals surface area contributed by atoms with Gasteiger partial charge in [0.15, 0.2) is 0 Å². The third-order valence-corrected chi connectivity index (χ3v) is 4.30. The normalized spacial score (nSPS) is 21.2. The average molecular weight is 392 g/mol. The van der Waals surface area contributed by atoms with Crippen LogP contribution in [0.5, 0.6) is 0 Å². The minimum atomic E-state index is -0.240. The van der Waals surface area contributed by atoms with E-state index in [9.17, 15) is 10.1 Å². The molecule has 2 unspecified atom stereocenters. The Labute approximate surface area is 151 Å². The third kappa shape index (κ3) is 5.36. The summed E-state index contributed by atoms with van der Waals surface area (Å²) in [6, 6.07) is 10.1. The van der Waals surface area contributed by atoms with E-state index in [0.29, 0.717) is 19.6 Å². The van der Waals surface area contributed by atoms with E-state index < -0.39 is 0 Å². The second-order valence-electron chi connectivity index (χ2n) is 5.97. The fraction of sp³-hybridized carbons (Fsp3) is 0.444. The first kappa shape index (κ1) is 18.5. The van der Waals surface area contributed by atoms with E-state index >= 15 is 0 Å². The quantitative estimate of drug-likeness (QED) is 0.475. The Kier molecular flexibility index (Phi) is 6.83. The molecule has 0 saturated carbocycles. The zero-order chi connectivity index (χ0) is 17.5. The first-order valence-electron chi connectivity index (χ1n) is 8.02. The highest BCUT2D eigenvalue weighted by molar-refractivity contribution is 9.10. The molecule has 128 valence electrons. The number of hydrogen-bond acceptors (Lipinski definition) is 4. The summed E-state index contributed by atoms with van der Waals surface area (Å²) in [5.41, 5.74) is 1.33. The van der Waals surface area contributed by atoms with Gasteiger partial charge < -0.3 is 15.0 Å². The van der Waals surface area contributed by atoms with Gasteiger partial charge in [-0.05, 0) is 38.0 Å². The first-order valence-corrected chi connectivity index (χ1v) is 8.81. The molecule has 6 heteroatoms. The van der Waals surface area contributed by atoms with Crippen LogP contribution in [-0.4, -0.2) is 42.6 Å². The Bertz CT molecular complexity index is 627. The Morgan fingerprint density at radius 1 is 1.38 bits per heavy atom. The van der Waals surface area contributed by atoms with Gasteiger partial charge in [-0.15, -0.1) is 0 Å². The standard InChI is InChI=1S/C18H22BrN3O2/c1-13-11-22(12-14(2)24-13)18(23)16(9-20)10-21-8-7-15-3-5-17(19)6-4-15/h3-6,10,13-14,21H,7-8,11-12H2,1-2H3/b16-10-. The van der Waals surface area contributed by atoms with E-state index in [0.717, 1.165) is 10.9 Å².